The quantitative estimate of drug-likeness (QED) is 0.669. The fourth-order valence-electron chi connectivity index (χ4n) is 3.05. The minimum absolute atomic E-state index is 0.0275. The van der Waals surface area contributed by atoms with Crippen molar-refractivity contribution in [1.82, 2.24) is 0 Å². The van der Waals surface area contributed by atoms with Gasteiger partial charge in [0.1, 0.15) is 6.29 Å². The van der Waals surface area contributed by atoms with Crippen LogP contribution in [0.3, 0.4) is 0 Å². The van der Waals surface area contributed by atoms with Gasteiger partial charge in [0.25, 0.3) is 0 Å². The monoisotopic (exact) mass is 210 g/mol. The Kier molecular flexibility index (Phi) is 3.79. The Bertz CT molecular complexity index is 201. The molecule has 1 unspecified atom stereocenters. The van der Waals surface area contributed by atoms with Crippen LogP contribution < -0.4 is 0 Å². The van der Waals surface area contributed by atoms with Gasteiger partial charge in [0.2, 0.25) is 0 Å². The van der Waals surface area contributed by atoms with Crippen molar-refractivity contribution in [2.24, 2.45) is 5.41 Å². The van der Waals surface area contributed by atoms with Crippen LogP contribution >= 0.6 is 0 Å². The van der Waals surface area contributed by atoms with Gasteiger partial charge in [-0.3, -0.25) is 0 Å². The van der Waals surface area contributed by atoms with E-state index in [1.54, 1.807) is 0 Å². The standard InChI is InChI=1S/C13H22O2/c14-11-13(7-3-1-4-8-13)10-12-6-2-5-9-15-12/h11-12H,1-10H2. The van der Waals surface area contributed by atoms with E-state index in [0.29, 0.717) is 6.10 Å². The number of carbonyl (C=O) groups excluding carboxylic acids is 1. The van der Waals surface area contributed by atoms with Gasteiger partial charge in [-0.25, -0.2) is 0 Å². The summed E-state index contributed by atoms with van der Waals surface area (Å²) < 4.78 is 5.75. The first-order valence-electron chi connectivity index (χ1n) is 6.43. The van der Waals surface area contributed by atoms with Crippen LogP contribution in [0.15, 0.2) is 0 Å². The molecule has 15 heavy (non-hydrogen) atoms. The summed E-state index contributed by atoms with van der Waals surface area (Å²) in [7, 11) is 0. The summed E-state index contributed by atoms with van der Waals surface area (Å²) >= 11 is 0. The topological polar surface area (TPSA) is 26.3 Å². The van der Waals surface area contributed by atoms with Crippen LogP contribution in [-0.4, -0.2) is 19.0 Å². The van der Waals surface area contributed by atoms with E-state index in [0.717, 1.165) is 32.3 Å². The summed E-state index contributed by atoms with van der Waals surface area (Å²) in [5, 5.41) is 0. The molecule has 2 rings (SSSR count). The van der Waals surface area contributed by atoms with Crippen LogP contribution in [0.2, 0.25) is 0 Å². The zero-order valence-corrected chi connectivity index (χ0v) is 9.54. The number of rotatable bonds is 3. The molecule has 0 N–H and O–H groups in total. The summed E-state index contributed by atoms with van der Waals surface area (Å²) in [6.07, 6.45) is 12.2. The van der Waals surface area contributed by atoms with Gasteiger partial charge < -0.3 is 9.53 Å². The summed E-state index contributed by atoms with van der Waals surface area (Å²) in [5.74, 6) is 0. The molecule has 2 fully saturated rings. The van der Waals surface area contributed by atoms with Gasteiger partial charge >= 0.3 is 0 Å². The Morgan fingerprint density at radius 3 is 2.53 bits per heavy atom. The third-order valence-electron chi connectivity index (χ3n) is 4.01. The molecule has 86 valence electrons. The summed E-state index contributed by atoms with van der Waals surface area (Å²) in [5.41, 5.74) is -0.0275. The van der Waals surface area contributed by atoms with Gasteiger partial charge in [-0.05, 0) is 38.5 Å². The molecule has 0 spiro atoms. The van der Waals surface area contributed by atoms with Crippen molar-refractivity contribution in [2.45, 2.75) is 63.9 Å². The SMILES string of the molecule is O=CC1(CC2CCCCO2)CCCCC1. The highest BCUT2D eigenvalue weighted by Gasteiger charge is 2.34. The van der Waals surface area contributed by atoms with Gasteiger partial charge in [-0.15, -0.1) is 0 Å². The molecule has 1 aliphatic heterocycles. The fraction of sp³-hybridized carbons (Fsp3) is 0.923. The molecule has 1 heterocycles. The van der Waals surface area contributed by atoms with Gasteiger partial charge in [0.15, 0.2) is 0 Å². The number of hydrogen-bond donors (Lipinski definition) is 0. The Morgan fingerprint density at radius 1 is 1.13 bits per heavy atom. The second-order valence-corrected chi connectivity index (χ2v) is 5.23. The molecule has 0 radical (unpaired) electrons. The molecular weight excluding hydrogens is 188 g/mol. The van der Waals surface area contributed by atoms with Crippen LogP contribution in [0.1, 0.15) is 57.8 Å². The molecule has 1 saturated carbocycles. The van der Waals surface area contributed by atoms with Crippen LogP contribution in [0.25, 0.3) is 0 Å². The molecule has 2 nitrogen and oxygen atoms in total. The Labute approximate surface area is 92.4 Å². The first-order chi connectivity index (χ1) is 7.35. The average Bonchev–Trinajstić information content (AvgIpc) is 2.32. The molecule has 2 aliphatic rings. The highest BCUT2D eigenvalue weighted by atomic mass is 16.5. The van der Waals surface area contributed by atoms with E-state index in [-0.39, 0.29) is 5.41 Å². The highest BCUT2D eigenvalue weighted by molar-refractivity contribution is 5.59. The zero-order chi connectivity index (χ0) is 10.6. The van der Waals surface area contributed by atoms with Crippen LogP contribution in [-0.2, 0) is 9.53 Å². The van der Waals surface area contributed by atoms with E-state index < -0.39 is 0 Å². The predicted octanol–water partition coefficient (Wildman–Crippen LogP) is 3.10. The van der Waals surface area contributed by atoms with Crippen LogP contribution in [0, 0.1) is 5.41 Å². The lowest BCUT2D eigenvalue weighted by Gasteiger charge is -2.36. The Morgan fingerprint density at radius 2 is 1.93 bits per heavy atom. The highest BCUT2D eigenvalue weighted by Crippen LogP contribution is 2.40. The molecule has 2 heteroatoms. The second-order valence-electron chi connectivity index (χ2n) is 5.23. The van der Waals surface area contributed by atoms with Crippen molar-refractivity contribution in [3.05, 3.63) is 0 Å². The van der Waals surface area contributed by atoms with Gasteiger partial charge in [0.05, 0.1) is 6.10 Å². The largest absolute Gasteiger partial charge is 0.378 e. The lowest BCUT2D eigenvalue weighted by atomic mass is 9.71. The molecule has 0 bridgehead atoms. The average molecular weight is 210 g/mol. The zero-order valence-electron chi connectivity index (χ0n) is 9.54. The van der Waals surface area contributed by atoms with Crippen molar-refractivity contribution in [2.75, 3.05) is 6.61 Å². The van der Waals surface area contributed by atoms with Crippen molar-refractivity contribution in [3.63, 3.8) is 0 Å². The van der Waals surface area contributed by atoms with Crippen molar-refractivity contribution >= 4 is 6.29 Å². The molecule has 1 atom stereocenters. The van der Waals surface area contributed by atoms with Crippen LogP contribution in [0.5, 0.6) is 0 Å². The third kappa shape index (κ3) is 2.81. The maximum atomic E-state index is 11.3. The molecule has 1 saturated heterocycles. The Hall–Kier alpha value is -0.370. The normalized spacial score (nSPS) is 31.1. The minimum Gasteiger partial charge on any atom is -0.378 e. The first-order valence-corrected chi connectivity index (χ1v) is 6.43. The molecular formula is C13H22O2. The summed E-state index contributed by atoms with van der Waals surface area (Å²) in [4.78, 5) is 11.3. The summed E-state index contributed by atoms with van der Waals surface area (Å²) in [6, 6.07) is 0. The number of carbonyl (C=O) groups is 1. The smallest absolute Gasteiger partial charge is 0.126 e. The second kappa shape index (κ2) is 5.11. The lowest BCUT2D eigenvalue weighted by Crippen LogP contribution is -2.33. The maximum absolute atomic E-state index is 11.3. The van der Waals surface area contributed by atoms with Gasteiger partial charge in [-0.2, -0.15) is 0 Å². The van der Waals surface area contributed by atoms with Crippen molar-refractivity contribution in [1.29, 1.82) is 0 Å². The Balaban J connectivity index is 1.90. The van der Waals surface area contributed by atoms with Crippen LogP contribution in [0.4, 0.5) is 0 Å². The van der Waals surface area contributed by atoms with E-state index in [1.165, 1.54) is 38.4 Å². The molecule has 0 aromatic carbocycles. The van der Waals surface area contributed by atoms with Gasteiger partial charge in [-0.1, -0.05) is 19.3 Å². The van der Waals surface area contributed by atoms with E-state index in [1.807, 2.05) is 0 Å². The first kappa shape index (κ1) is 11.1. The van der Waals surface area contributed by atoms with E-state index in [9.17, 15) is 4.79 Å². The summed E-state index contributed by atoms with van der Waals surface area (Å²) in [6.45, 7) is 0.902. The van der Waals surface area contributed by atoms with Crippen molar-refractivity contribution < 1.29 is 9.53 Å². The van der Waals surface area contributed by atoms with Gasteiger partial charge in [0, 0.05) is 12.0 Å². The number of hydrogen-bond acceptors (Lipinski definition) is 2. The van der Waals surface area contributed by atoms with E-state index in [2.05, 4.69) is 0 Å². The minimum atomic E-state index is -0.0275. The fourth-order valence-corrected chi connectivity index (χ4v) is 3.05. The molecule has 1 aliphatic carbocycles. The number of ether oxygens (including phenoxy) is 1. The molecule has 0 aromatic rings. The van der Waals surface area contributed by atoms with E-state index in [4.69, 9.17) is 4.74 Å². The number of aldehydes is 1. The maximum Gasteiger partial charge on any atom is 0.126 e. The lowest BCUT2D eigenvalue weighted by molar-refractivity contribution is -0.121. The molecule has 0 aromatic heterocycles. The predicted molar refractivity (Wildman–Crippen MR) is 59.8 cm³/mol. The third-order valence-corrected chi connectivity index (χ3v) is 4.01. The van der Waals surface area contributed by atoms with Crippen molar-refractivity contribution in [3.8, 4) is 0 Å². The van der Waals surface area contributed by atoms with E-state index >= 15 is 0 Å². The molecule has 0 amide bonds.